The first-order chi connectivity index (χ1) is 8.11. The van der Waals surface area contributed by atoms with Crippen LogP contribution in [-0.2, 0) is 14.3 Å². The van der Waals surface area contributed by atoms with Crippen molar-refractivity contribution in [3.8, 4) is 0 Å². The van der Waals surface area contributed by atoms with Gasteiger partial charge in [0.05, 0.1) is 6.61 Å². The topological polar surface area (TPSA) is 84.9 Å². The number of nitrogens with one attached hydrogen (secondary N) is 1. The van der Waals surface area contributed by atoms with Gasteiger partial charge in [-0.2, -0.15) is 8.78 Å². The maximum atomic E-state index is 11.7. The molecule has 0 aliphatic carbocycles. The number of aliphatic carboxylic acids is 1. The second kappa shape index (κ2) is 7.10. The quantitative estimate of drug-likeness (QED) is 0.765. The largest absolute Gasteiger partial charge is 0.480 e. The van der Waals surface area contributed by atoms with Gasteiger partial charge in [0.25, 0.3) is 0 Å². The summed E-state index contributed by atoms with van der Waals surface area (Å²) in [5.74, 6) is -1.35. The summed E-state index contributed by atoms with van der Waals surface area (Å²) in [6.07, 6.45) is -1.20. The predicted molar refractivity (Wildman–Crippen MR) is 57.4 cm³/mol. The molecule has 1 amide bonds. The standard InChI is InChI=1S/C10H17F2NO5/c1-10(2,3)18-9(16)13-6(7(14)15)4-5-17-8(11)12/h6,8H,4-5H2,1-3H3,(H,13,16)(H,14,15). The first-order valence-electron chi connectivity index (χ1n) is 5.24. The lowest BCUT2D eigenvalue weighted by atomic mass is 10.2. The van der Waals surface area contributed by atoms with Gasteiger partial charge in [0.15, 0.2) is 0 Å². The number of carbonyl (C=O) groups is 2. The second-order valence-corrected chi connectivity index (χ2v) is 4.46. The van der Waals surface area contributed by atoms with E-state index in [0.29, 0.717) is 0 Å². The van der Waals surface area contributed by atoms with Gasteiger partial charge >= 0.3 is 18.7 Å². The maximum absolute atomic E-state index is 11.7. The molecule has 0 fully saturated rings. The molecule has 0 spiro atoms. The van der Waals surface area contributed by atoms with Gasteiger partial charge in [-0.15, -0.1) is 0 Å². The molecule has 0 radical (unpaired) electrons. The minimum atomic E-state index is -2.97. The van der Waals surface area contributed by atoms with E-state index in [2.05, 4.69) is 10.1 Å². The molecule has 106 valence electrons. The molecule has 0 saturated heterocycles. The van der Waals surface area contributed by atoms with Crippen LogP contribution in [0.5, 0.6) is 0 Å². The van der Waals surface area contributed by atoms with Crippen LogP contribution in [0.25, 0.3) is 0 Å². The number of alkyl halides is 2. The number of hydrogen-bond acceptors (Lipinski definition) is 4. The van der Waals surface area contributed by atoms with Crippen LogP contribution in [0.4, 0.5) is 13.6 Å². The molecule has 0 saturated carbocycles. The van der Waals surface area contributed by atoms with Gasteiger partial charge in [-0.3, -0.25) is 0 Å². The van der Waals surface area contributed by atoms with Gasteiger partial charge in [-0.1, -0.05) is 0 Å². The van der Waals surface area contributed by atoms with Gasteiger partial charge in [0.1, 0.15) is 11.6 Å². The number of alkyl carbamates (subject to hydrolysis) is 1. The average molecular weight is 269 g/mol. The van der Waals surface area contributed by atoms with Crippen molar-refractivity contribution in [1.29, 1.82) is 0 Å². The van der Waals surface area contributed by atoms with Crippen molar-refractivity contribution in [3.05, 3.63) is 0 Å². The Labute approximate surface area is 103 Å². The number of carboxylic acids is 1. The molecule has 0 aromatic heterocycles. The van der Waals surface area contributed by atoms with Gasteiger partial charge < -0.3 is 19.9 Å². The van der Waals surface area contributed by atoms with Crippen LogP contribution in [0.3, 0.4) is 0 Å². The number of hydrogen-bond donors (Lipinski definition) is 2. The summed E-state index contributed by atoms with van der Waals surface area (Å²) in [6, 6.07) is -1.33. The Morgan fingerprint density at radius 1 is 1.33 bits per heavy atom. The molecule has 1 atom stereocenters. The number of carbonyl (C=O) groups excluding carboxylic acids is 1. The summed E-state index contributed by atoms with van der Waals surface area (Å²) < 4.78 is 32.1. The van der Waals surface area contributed by atoms with Gasteiger partial charge in [0, 0.05) is 6.42 Å². The van der Waals surface area contributed by atoms with Crippen molar-refractivity contribution >= 4 is 12.1 Å². The first-order valence-corrected chi connectivity index (χ1v) is 5.24. The fourth-order valence-corrected chi connectivity index (χ4v) is 0.982. The van der Waals surface area contributed by atoms with E-state index in [1.165, 1.54) is 0 Å². The highest BCUT2D eigenvalue weighted by molar-refractivity contribution is 5.79. The zero-order valence-corrected chi connectivity index (χ0v) is 10.4. The van der Waals surface area contributed by atoms with Crippen molar-refractivity contribution < 1.29 is 33.0 Å². The van der Waals surface area contributed by atoms with E-state index < -0.39 is 36.9 Å². The highest BCUT2D eigenvalue weighted by Crippen LogP contribution is 2.07. The maximum Gasteiger partial charge on any atom is 0.408 e. The molecule has 8 heteroatoms. The molecule has 0 aliphatic heterocycles. The first kappa shape index (κ1) is 16.6. The van der Waals surface area contributed by atoms with E-state index >= 15 is 0 Å². The Morgan fingerprint density at radius 2 is 1.89 bits per heavy atom. The van der Waals surface area contributed by atoms with Gasteiger partial charge in [0.2, 0.25) is 0 Å². The molecular formula is C10H17F2NO5. The van der Waals surface area contributed by atoms with Crippen LogP contribution >= 0.6 is 0 Å². The molecule has 2 N–H and O–H groups in total. The third-order valence-electron chi connectivity index (χ3n) is 1.64. The third kappa shape index (κ3) is 8.68. The Kier molecular flexibility index (Phi) is 6.53. The summed E-state index contributed by atoms with van der Waals surface area (Å²) in [5.41, 5.74) is -0.771. The zero-order valence-electron chi connectivity index (χ0n) is 10.4. The SMILES string of the molecule is CC(C)(C)OC(=O)NC(CCOC(F)F)C(=O)O. The van der Waals surface area contributed by atoms with Crippen LogP contribution in [0.2, 0.25) is 0 Å². The Bertz CT molecular complexity index is 290. The lowest BCUT2D eigenvalue weighted by Gasteiger charge is -2.21. The van der Waals surface area contributed by atoms with Crippen molar-refractivity contribution in [2.24, 2.45) is 0 Å². The molecule has 0 aliphatic rings. The second-order valence-electron chi connectivity index (χ2n) is 4.46. The third-order valence-corrected chi connectivity index (χ3v) is 1.64. The molecule has 18 heavy (non-hydrogen) atoms. The van der Waals surface area contributed by atoms with Crippen LogP contribution in [0.15, 0.2) is 0 Å². The highest BCUT2D eigenvalue weighted by atomic mass is 19.3. The minimum absolute atomic E-state index is 0.279. The number of amides is 1. The summed E-state index contributed by atoms with van der Waals surface area (Å²) in [6.45, 7) is 1.39. The smallest absolute Gasteiger partial charge is 0.408 e. The molecule has 0 aromatic rings. The van der Waals surface area contributed by atoms with Crippen molar-refractivity contribution in [2.75, 3.05) is 6.61 Å². The molecular weight excluding hydrogens is 252 g/mol. The number of halogens is 2. The Balaban J connectivity index is 4.19. The summed E-state index contributed by atoms with van der Waals surface area (Å²) in [5, 5.41) is 10.8. The van der Waals surface area contributed by atoms with Crippen LogP contribution in [0.1, 0.15) is 27.2 Å². The predicted octanol–water partition coefficient (Wildman–Crippen LogP) is 1.59. The van der Waals surface area contributed by atoms with E-state index in [9.17, 15) is 18.4 Å². The van der Waals surface area contributed by atoms with E-state index in [1.54, 1.807) is 20.8 Å². The molecule has 6 nitrogen and oxygen atoms in total. The molecule has 1 unspecified atom stereocenters. The van der Waals surface area contributed by atoms with E-state index in [1.807, 2.05) is 0 Å². The average Bonchev–Trinajstić information content (AvgIpc) is 2.12. The lowest BCUT2D eigenvalue weighted by molar-refractivity contribution is -0.145. The van der Waals surface area contributed by atoms with E-state index in [0.717, 1.165) is 0 Å². The molecule has 0 aromatic carbocycles. The van der Waals surface area contributed by atoms with Gasteiger partial charge in [-0.25, -0.2) is 9.59 Å². The number of rotatable bonds is 6. The minimum Gasteiger partial charge on any atom is -0.480 e. The van der Waals surface area contributed by atoms with Crippen molar-refractivity contribution in [2.45, 2.75) is 45.4 Å². The van der Waals surface area contributed by atoms with Crippen molar-refractivity contribution in [3.63, 3.8) is 0 Å². The van der Waals surface area contributed by atoms with E-state index in [4.69, 9.17) is 9.84 Å². The zero-order chi connectivity index (χ0) is 14.3. The highest BCUT2D eigenvalue weighted by Gasteiger charge is 2.24. The van der Waals surface area contributed by atoms with Crippen LogP contribution < -0.4 is 5.32 Å². The van der Waals surface area contributed by atoms with Gasteiger partial charge in [-0.05, 0) is 20.8 Å². The Hall–Kier alpha value is -1.44. The van der Waals surface area contributed by atoms with Crippen LogP contribution in [0, 0.1) is 0 Å². The molecule has 0 bridgehead atoms. The molecule has 0 heterocycles. The number of ether oxygens (including phenoxy) is 2. The normalized spacial score (nSPS) is 13.2. The Morgan fingerprint density at radius 3 is 2.28 bits per heavy atom. The summed E-state index contributed by atoms with van der Waals surface area (Å²) in [4.78, 5) is 22.0. The lowest BCUT2D eigenvalue weighted by Crippen LogP contribution is -2.44. The van der Waals surface area contributed by atoms with E-state index in [-0.39, 0.29) is 6.42 Å². The summed E-state index contributed by atoms with van der Waals surface area (Å²) in [7, 11) is 0. The monoisotopic (exact) mass is 269 g/mol. The van der Waals surface area contributed by atoms with Crippen molar-refractivity contribution in [1.82, 2.24) is 5.32 Å². The summed E-state index contributed by atoms with van der Waals surface area (Å²) >= 11 is 0. The fourth-order valence-electron chi connectivity index (χ4n) is 0.982. The fraction of sp³-hybridized carbons (Fsp3) is 0.800. The molecule has 0 rings (SSSR count). The van der Waals surface area contributed by atoms with Crippen LogP contribution in [-0.4, -0.2) is 42.0 Å². The number of carboxylic acid groups (broad SMARTS) is 1.